The molecule has 1 atom stereocenters. The molecule has 0 heterocycles. The van der Waals surface area contributed by atoms with E-state index in [1.807, 2.05) is 30.5 Å². The number of aliphatic hydroxyl groups is 1. The zero-order valence-electron chi connectivity index (χ0n) is 13.7. The summed E-state index contributed by atoms with van der Waals surface area (Å²) in [6, 6.07) is 16.5. The zero-order chi connectivity index (χ0) is 17.6. The van der Waals surface area contributed by atoms with Crippen LogP contribution in [0.25, 0.3) is 11.1 Å². The van der Waals surface area contributed by atoms with E-state index in [1.165, 1.54) is 11.8 Å². The Kier molecular flexibility index (Phi) is 6.02. The SMILES string of the molecule is CSCC(C)(O)CNC(=O)c1ccccc1-c1ccccc1C#N. The minimum absolute atomic E-state index is 0.168. The fraction of sp³-hybridized carbons (Fsp3) is 0.263. The molecule has 0 radical (unpaired) electrons. The fourth-order valence-corrected chi connectivity index (χ4v) is 3.18. The van der Waals surface area contributed by atoms with E-state index < -0.39 is 5.60 Å². The summed E-state index contributed by atoms with van der Waals surface area (Å²) in [5, 5.41) is 22.3. The van der Waals surface area contributed by atoms with Crippen LogP contribution in [0.15, 0.2) is 48.5 Å². The first kappa shape index (κ1) is 18.1. The molecule has 2 aromatic rings. The molecular formula is C19H20N2O2S. The summed E-state index contributed by atoms with van der Waals surface area (Å²) in [6.07, 6.45) is 1.91. The lowest BCUT2D eigenvalue weighted by molar-refractivity contribution is 0.0725. The lowest BCUT2D eigenvalue weighted by atomic mass is 9.95. The number of rotatable bonds is 6. The van der Waals surface area contributed by atoms with Crippen LogP contribution in [0.4, 0.5) is 0 Å². The molecule has 4 nitrogen and oxygen atoms in total. The predicted molar refractivity (Wildman–Crippen MR) is 97.9 cm³/mol. The van der Waals surface area contributed by atoms with E-state index in [0.717, 1.165) is 5.56 Å². The van der Waals surface area contributed by atoms with Gasteiger partial charge in [0, 0.05) is 23.4 Å². The molecule has 0 fully saturated rings. The van der Waals surface area contributed by atoms with Crippen LogP contribution in [-0.4, -0.2) is 35.2 Å². The zero-order valence-corrected chi connectivity index (χ0v) is 14.6. The molecule has 24 heavy (non-hydrogen) atoms. The number of hydrogen-bond donors (Lipinski definition) is 2. The van der Waals surface area contributed by atoms with Gasteiger partial charge in [0.05, 0.1) is 17.2 Å². The van der Waals surface area contributed by atoms with Crippen molar-refractivity contribution in [1.82, 2.24) is 5.32 Å². The third kappa shape index (κ3) is 4.38. The molecule has 0 aliphatic rings. The van der Waals surface area contributed by atoms with Gasteiger partial charge < -0.3 is 10.4 Å². The summed E-state index contributed by atoms with van der Waals surface area (Å²) < 4.78 is 0. The molecule has 0 saturated carbocycles. The first-order valence-corrected chi connectivity index (χ1v) is 8.96. The van der Waals surface area contributed by atoms with Crippen molar-refractivity contribution in [2.24, 2.45) is 0 Å². The first-order chi connectivity index (χ1) is 11.5. The van der Waals surface area contributed by atoms with Gasteiger partial charge in [-0.05, 0) is 30.9 Å². The van der Waals surface area contributed by atoms with Crippen LogP contribution in [-0.2, 0) is 0 Å². The van der Waals surface area contributed by atoms with Crippen LogP contribution < -0.4 is 5.32 Å². The van der Waals surface area contributed by atoms with E-state index in [4.69, 9.17) is 0 Å². The van der Waals surface area contributed by atoms with Gasteiger partial charge in [0.1, 0.15) is 0 Å². The van der Waals surface area contributed by atoms with Crippen LogP contribution in [0.3, 0.4) is 0 Å². The molecule has 0 aromatic heterocycles. The van der Waals surface area contributed by atoms with Gasteiger partial charge in [-0.15, -0.1) is 0 Å². The highest BCUT2D eigenvalue weighted by Gasteiger charge is 2.22. The number of carbonyl (C=O) groups is 1. The van der Waals surface area contributed by atoms with Gasteiger partial charge in [-0.3, -0.25) is 4.79 Å². The predicted octanol–water partition coefficient (Wildman–Crippen LogP) is 3.07. The fourth-order valence-electron chi connectivity index (χ4n) is 2.46. The summed E-state index contributed by atoms with van der Waals surface area (Å²) in [7, 11) is 0. The lowest BCUT2D eigenvalue weighted by Gasteiger charge is -2.23. The second kappa shape index (κ2) is 8.00. The molecule has 124 valence electrons. The average Bonchev–Trinajstić information content (AvgIpc) is 2.59. The summed E-state index contributed by atoms with van der Waals surface area (Å²) in [6.45, 7) is 1.86. The number of carbonyl (C=O) groups excluding carboxylic acids is 1. The van der Waals surface area contributed by atoms with E-state index >= 15 is 0 Å². The minimum Gasteiger partial charge on any atom is -0.387 e. The average molecular weight is 340 g/mol. The van der Waals surface area contributed by atoms with Gasteiger partial charge in [0.25, 0.3) is 5.91 Å². The minimum atomic E-state index is -0.964. The Hall–Kier alpha value is -2.29. The molecule has 0 saturated heterocycles. The maximum atomic E-state index is 12.6. The van der Waals surface area contributed by atoms with Gasteiger partial charge >= 0.3 is 0 Å². The first-order valence-electron chi connectivity index (χ1n) is 7.56. The summed E-state index contributed by atoms with van der Waals surface area (Å²) >= 11 is 1.52. The maximum Gasteiger partial charge on any atom is 0.252 e. The highest BCUT2D eigenvalue weighted by Crippen LogP contribution is 2.26. The van der Waals surface area contributed by atoms with Crippen molar-refractivity contribution in [2.75, 3.05) is 18.6 Å². The molecule has 1 amide bonds. The summed E-state index contributed by atoms with van der Waals surface area (Å²) in [5.74, 6) is 0.270. The molecule has 0 aliphatic carbocycles. The quantitative estimate of drug-likeness (QED) is 0.847. The molecule has 0 aliphatic heterocycles. The lowest BCUT2D eigenvalue weighted by Crippen LogP contribution is -2.42. The number of nitriles is 1. The van der Waals surface area contributed by atoms with E-state index in [-0.39, 0.29) is 12.5 Å². The van der Waals surface area contributed by atoms with Gasteiger partial charge in [0.2, 0.25) is 0 Å². The van der Waals surface area contributed by atoms with Crippen molar-refractivity contribution >= 4 is 17.7 Å². The molecule has 5 heteroatoms. The van der Waals surface area contributed by atoms with Crippen molar-refractivity contribution in [1.29, 1.82) is 5.26 Å². The van der Waals surface area contributed by atoms with Gasteiger partial charge in [0.15, 0.2) is 0 Å². The molecule has 0 spiro atoms. The summed E-state index contributed by atoms with van der Waals surface area (Å²) in [5.41, 5.74) is 1.47. The Morgan fingerprint density at radius 3 is 2.50 bits per heavy atom. The normalized spacial score (nSPS) is 12.9. The second-order valence-electron chi connectivity index (χ2n) is 5.82. The number of nitrogens with one attached hydrogen (secondary N) is 1. The van der Waals surface area contributed by atoms with Gasteiger partial charge in [-0.2, -0.15) is 17.0 Å². The Balaban J connectivity index is 2.29. The molecule has 2 rings (SSSR count). The van der Waals surface area contributed by atoms with Crippen LogP contribution in [0.2, 0.25) is 0 Å². The third-order valence-electron chi connectivity index (χ3n) is 3.59. The number of benzene rings is 2. The van der Waals surface area contributed by atoms with Crippen LogP contribution >= 0.6 is 11.8 Å². The smallest absolute Gasteiger partial charge is 0.252 e. The Bertz CT molecular complexity index is 766. The molecule has 1 unspecified atom stereocenters. The summed E-state index contributed by atoms with van der Waals surface area (Å²) in [4.78, 5) is 12.6. The Morgan fingerprint density at radius 2 is 1.83 bits per heavy atom. The van der Waals surface area contributed by atoms with E-state index in [9.17, 15) is 15.2 Å². The second-order valence-corrected chi connectivity index (χ2v) is 6.68. The van der Waals surface area contributed by atoms with E-state index in [0.29, 0.717) is 22.4 Å². The van der Waals surface area contributed by atoms with Crippen molar-refractivity contribution in [3.05, 3.63) is 59.7 Å². The number of amides is 1. The molecule has 0 bridgehead atoms. The highest BCUT2D eigenvalue weighted by atomic mass is 32.2. The molecule has 2 aromatic carbocycles. The largest absolute Gasteiger partial charge is 0.387 e. The monoisotopic (exact) mass is 340 g/mol. The van der Waals surface area contributed by atoms with Gasteiger partial charge in [-0.25, -0.2) is 0 Å². The maximum absolute atomic E-state index is 12.6. The Morgan fingerprint density at radius 1 is 1.21 bits per heavy atom. The van der Waals surface area contributed by atoms with Crippen molar-refractivity contribution < 1.29 is 9.90 Å². The van der Waals surface area contributed by atoms with Crippen LogP contribution in [0, 0.1) is 11.3 Å². The highest BCUT2D eigenvalue weighted by molar-refractivity contribution is 7.98. The number of nitrogens with zero attached hydrogens (tertiary/aromatic N) is 1. The van der Waals surface area contributed by atoms with Crippen molar-refractivity contribution in [3.8, 4) is 17.2 Å². The van der Waals surface area contributed by atoms with Crippen LogP contribution in [0.5, 0.6) is 0 Å². The van der Waals surface area contributed by atoms with Crippen molar-refractivity contribution in [3.63, 3.8) is 0 Å². The van der Waals surface area contributed by atoms with Crippen molar-refractivity contribution in [2.45, 2.75) is 12.5 Å². The number of thioether (sulfide) groups is 1. The molecule has 2 N–H and O–H groups in total. The van der Waals surface area contributed by atoms with E-state index in [1.54, 1.807) is 31.2 Å². The van der Waals surface area contributed by atoms with E-state index in [2.05, 4.69) is 11.4 Å². The number of hydrogen-bond acceptors (Lipinski definition) is 4. The molecular weight excluding hydrogens is 320 g/mol. The standard InChI is InChI=1S/C19H20N2O2S/c1-19(23,13-24-2)12-21-18(22)17-10-6-5-9-16(17)15-8-4-3-7-14(15)11-20/h3-10,23H,12-13H2,1-2H3,(H,21,22). The van der Waals surface area contributed by atoms with Crippen LogP contribution in [0.1, 0.15) is 22.8 Å². The third-order valence-corrected chi connectivity index (χ3v) is 4.51. The van der Waals surface area contributed by atoms with Gasteiger partial charge in [-0.1, -0.05) is 36.4 Å². The Labute approximate surface area is 146 Å². The topological polar surface area (TPSA) is 73.1 Å².